The molecule has 3 aromatic rings. The number of carbonyl (C=O) groups excluding carboxylic acids is 2. The van der Waals surface area contributed by atoms with E-state index in [-0.39, 0.29) is 11.7 Å². The number of hydrogen-bond donors (Lipinski definition) is 0. The van der Waals surface area contributed by atoms with Gasteiger partial charge in [-0.15, -0.1) is 0 Å². The molecule has 0 atom stereocenters. The molecular weight excluding hydrogens is 409 g/mol. The zero-order valence-electron chi connectivity index (χ0n) is 19.9. The molecular formula is C27H32BN3O2. The van der Waals surface area contributed by atoms with Crippen LogP contribution in [0.1, 0.15) is 47.8 Å². The monoisotopic (exact) mass is 441 g/mol. The molecule has 3 heterocycles. The Morgan fingerprint density at radius 2 is 1.82 bits per heavy atom. The first-order chi connectivity index (χ1) is 16.0. The molecule has 0 bridgehead atoms. The smallest absolute Gasteiger partial charge is 0.231 e. The van der Waals surface area contributed by atoms with Crippen LogP contribution in [-0.2, 0) is 17.8 Å². The molecule has 0 radical (unpaired) electrons. The molecule has 170 valence electrons. The third-order valence-corrected chi connectivity index (χ3v) is 7.54. The van der Waals surface area contributed by atoms with Crippen LogP contribution in [0.4, 0.5) is 5.69 Å². The standard InChI is InChI=1S/C27H32BN3O2/c1-18-26(19(2)32)22-8-5-9-23(28)27(22)30(18)14-6-13-29-15-11-21(12-16-29)31-24-10-4-3-7-20(24)17-25(31)33/h3-5,7-10,21H,6,11-17,28H2,1-2H3. The first-order valence-electron chi connectivity index (χ1n) is 12.2. The summed E-state index contributed by atoms with van der Waals surface area (Å²) in [7, 11) is 2.13. The van der Waals surface area contributed by atoms with Crippen LogP contribution in [0.3, 0.4) is 0 Å². The van der Waals surface area contributed by atoms with Gasteiger partial charge in [-0.2, -0.15) is 0 Å². The molecule has 2 aromatic carbocycles. The van der Waals surface area contributed by atoms with Gasteiger partial charge in [0.15, 0.2) is 5.78 Å². The minimum absolute atomic E-state index is 0.141. The van der Waals surface area contributed by atoms with Gasteiger partial charge in [0.25, 0.3) is 0 Å². The quantitative estimate of drug-likeness (QED) is 0.437. The molecule has 0 aliphatic carbocycles. The lowest BCUT2D eigenvalue weighted by atomic mass is 9.93. The Morgan fingerprint density at radius 3 is 2.58 bits per heavy atom. The lowest BCUT2D eigenvalue weighted by molar-refractivity contribution is -0.118. The fourth-order valence-corrected chi connectivity index (χ4v) is 5.97. The fourth-order valence-electron chi connectivity index (χ4n) is 5.97. The molecule has 0 unspecified atom stereocenters. The first kappa shape index (κ1) is 22.0. The summed E-state index contributed by atoms with van der Waals surface area (Å²) in [4.78, 5) is 29.6. The van der Waals surface area contributed by atoms with E-state index in [9.17, 15) is 9.59 Å². The van der Waals surface area contributed by atoms with E-state index in [4.69, 9.17) is 0 Å². The Morgan fingerprint density at radius 1 is 1.06 bits per heavy atom. The molecule has 2 aliphatic heterocycles. The van der Waals surface area contributed by atoms with Crippen molar-refractivity contribution in [2.45, 2.75) is 52.1 Å². The van der Waals surface area contributed by atoms with Crippen molar-refractivity contribution in [2.75, 3.05) is 24.5 Å². The highest BCUT2D eigenvalue weighted by atomic mass is 16.2. The lowest BCUT2D eigenvalue weighted by Gasteiger charge is -2.37. The van der Waals surface area contributed by atoms with Gasteiger partial charge in [0.1, 0.15) is 7.85 Å². The van der Waals surface area contributed by atoms with Crippen LogP contribution in [0, 0.1) is 6.92 Å². The van der Waals surface area contributed by atoms with Gasteiger partial charge in [-0.3, -0.25) is 9.59 Å². The van der Waals surface area contributed by atoms with Crippen LogP contribution in [0.15, 0.2) is 42.5 Å². The number of para-hydroxylation sites is 2. The van der Waals surface area contributed by atoms with Crippen LogP contribution < -0.4 is 10.4 Å². The number of likely N-dealkylation sites (tertiary alicyclic amines) is 1. The maximum atomic E-state index is 12.6. The molecule has 2 aliphatic rings. The van der Waals surface area contributed by atoms with Gasteiger partial charge in [0.2, 0.25) is 5.91 Å². The topological polar surface area (TPSA) is 45.6 Å². The minimum Gasteiger partial charge on any atom is -0.345 e. The largest absolute Gasteiger partial charge is 0.345 e. The highest BCUT2D eigenvalue weighted by Gasteiger charge is 2.34. The molecule has 6 heteroatoms. The van der Waals surface area contributed by atoms with E-state index in [0.29, 0.717) is 12.5 Å². The second-order valence-corrected chi connectivity index (χ2v) is 9.63. The summed E-state index contributed by atoms with van der Waals surface area (Å²) in [5.41, 5.74) is 6.65. The third-order valence-electron chi connectivity index (χ3n) is 7.54. The van der Waals surface area contributed by atoms with Crippen LogP contribution in [0.5, 0.6) is 0 Å². The number of piperidine rings is 1. The van der Waals surface area contributed by atoms with E-state index >= 15 is 0 Å². The number of nitrogens with zero attached hydrogens (tertiary/aromatic N) is 3. The van der Waals surface area contributed by atoms with Gasteiger partial charge < -0.3 is 14.4 Å². The van der Waals surface area contributed by atoms with E-state index in [1.165, 1.54) is 16.5 Å². The Labute approximate surface area is 196 Å². The number of aryl methyl sites for hydroxylation is 1. The minimum atomic E-state index is 0.141. The third kappa shape index (κ3) is 3.91. The van der Waals surface area contributed by atoms with Crippen LogP contribution in [-0.4, -0.2) is 54.7 Å². The van der Waals surface area contributed by atoms with Crippen LogP contribution in [0.2, 0.25) is 0 Å². The van der Waals surface area contributed by atoms with E-state index in [2.05, 4.69) is 53.4 Å². The lowest BCUT2D eigenvalue weighted by Crippen LogP contribution is -2.46. The van der Waals surface area contributed by atoms with E-state index in [1.54, 1.807) is 6.92 Å². The Kier molecular flexibility index (Phi) is 5.87. The zero-order chi connectivity index (χ0) is 23.1. The molecule has 5 nitrogen and oxygen atoms in total. The number of rotatable bonds is 6. The average molecular weight is 441 g/mol. The number of hydrogen-bond acceptors (Lipinski definition) is 3. The molecule has 1 amide bonds. The summed E-state index contributed by atoms with van der Waals surface area (Å²) in [6.45, 7) is 7.75. The first-order valence-corrected chi connectivity index (χ1v) is 12.2. The molecule has 1 fully saturated rings. The Bertz CT molecular complexity index is 1220. The summed E-state index contributed by atoms with van der Waals surface area (Å²) in [5.74, 6) is 0.392. The summed E-state index contributed by atoms with van der Waals surface area (Å²) >= 11 is 0. The maximum absolute atomic E-state index is 12.6. The van der Waals surface area contributed by atoms with Gasteiger partial charge in [-0.05, 0) is 51.3 Å². The highest BCUT2D eigenvalue weighted by molar-refractivity contribution is 6.39. The van der Waals surface area contributed by atoms with Crippen molar-refractivity contribution >= 4 is 41.6 Å². The van der Waals surface area contributed by atoms with Gasteiger partial charge in [-0.25, -0.2) is 0 Å². The summed E-state index contributed by atoms with van der Waals surface area (Å²) < 4.78 is 2.34. The number of Topliss-reactive ketones (excluding diaryl/α,β-unsaturated/α-hetero) is 1. The molecule has 33 heavy (non-hydrogen) atoms. The molecule has 0 spiro atoms. The van der Waals surface area contributed by atoms with Crippen molar-refractivity contribution in [3.05, 3.63) is 59.3 Å². The van der Waals surface area contributed by atoms with Crippen molar-refractivity contribution in [1.29, 1.82) is 0 Å². The van der Waals surface area contributed by atoms with E-state index in [1.807, 2.05) is 18.2 Å². The van der Waals surface area contributed by atoms with Crippen molar-refractivity contribution in [3.63, 3.8) is 0 Å². The zero-order valence-corrected chi connectivity index (χ0v) is 19.9. The highest BCUT2D eigenvalue weighted by Crippen LogP contribution is 2.33. The van der Waals surface area contributed by atoms with E-state index < -0.39 is 0 Å². The van der Waals surface area contributed by atoms with E-state index in [0.717, 1.165) is 67.8 Å². The van der Waals surface area contributed by atoms with Crippen molar-refractivity contribution in [3.8, 4) is 0 Å². The number of amides is 1. The van der Waals surface area contributed by atoms with Crippen LogP contribution >= 0.6 is 0 Å². The predicted molar refractivity (Wildman–Crippen MR) is 137 cm³/mol. The molecule has 1 aromatic heterocycles. The van der Waals surface area contributed by atoms with Crippen molar-refractivity contribution in [1.82, 2.24) is 9.47 Å². The molecule has 5 rings (SSSR count). The number of benzene rings is 2. The van der Waals surface area contributed by atoms with Gasteiger partial charge >= 0.3 is 0 Å². The number of fused-ring (bicyclic) bond motifs is 2. The summed E-state index contributed by atoms with van der Waals surface area (Å²) in [6, 6.07) is 14.8. The summed E-state index contributed by atoms with van der Waals surface area (Å²) in [6.07, 6.45) is 3.65. The molecule has 0 saturated carbocycles. The number of ketones is 1. The van der Waals surface area contributed by atoms with Gasteiger partial charge in [-0.1, -0.05) is 41.9 Å². The van der Waals surface area contributed by atoms with Crippen molar-refractivity contribution in [2.24, 2.45) is 0 Å². The fraction of sp³-hybridized carbons (Fsp3) is 0.407. The average Bonchev–Trinajstić information content (AvgIpc) is 3.28. The number of aromatic nitrogens is 1. The Hall–Kier alpha value is -2.86. The summed E-state index contributed by atoms with van der Waals surface area (Å²) in [5, 5.41) is 1.08. The number of anilines is 1. The SMILES string of the molecule is Bc1cccc2c(C(C)=O)c(C)n(CCCN3CCC(N4C(=O)Cc5ccccc54)CC3)c12. The number of carbonyl (C=O) groups is 2. The normalized spacial score (nSPS) is 17.2. The predicted octanol–water partition coefficient (Wildman–Crippen LogP) is 2.85. The van der Waals surface area contributed by atoms with Gasteiger partial charge in [0, 0.05) is 53.5 Å². The second-order valence-electron chi connectivity index (χ2n) is 9.63. The van der Waals surface area contributed by atoms with Crippen molar-refractivity contribution < 1.29 is 9.59 Å². The Balaban J connectivity index is 1.22. The molecule has 1 saturated heterocycles. The molecule has 0 N–H and O–H groups in total. The van der Waals surface area contributed by atoms with Crippen LogP contribution in [0.25, 0.3) is 10.9 Å². The maximum Gasteiger partial charge on any atom is 0.231 e. The van der Waals surface area contributed by atoms with Gasteiger partial charge in [0.05, 0.1) is 6.42 Å². The second kappa shape index (κ2) is 8.83.